The van der Waals surface area contributed by atoms with Crippen LogP contribution < -0.4 is 0 Å². The molecular formula is C16H20N4. The number of hydrogen-bond acceptors (Lipinski definition) is 4. The number of rotatable bonds is 3. The fourth-order valence-electron chi connectivity index (χ4n) is 2.16. The van der Waals surface area contributed by atoms with Gasteiger partial charge in [0.2, 0.25) is 0 Å². The molecule has 0 spiro atoms. The highest BCUT2D eigenvalue weighted by Gasteiger charge is 2.08. The molecule has 2 aromatic rings. The van der Waals surface area contributed by atoms with Gasteiger partial charge in [0.15, 0.2) is 0 Å². The molecule has 20 heavy (non-hydrogen) atoms. The maximum atomic E-state index is 4.35. The van der Waals surface area contributed by atoms with Gasteiger partial charge in [-0.25, -0.2) is 9.97 Å². The Bertz CT molecular complexity index is 627. The van der Waals surface area contributed by atoms with Gasteiger partial charge in [-0.1, -0.05) is 23.8 Å². The topological polar surface area (TPSA) is 50.5 Å². The summed E-state index contributed by atoms with van der Waals surface area (Å²) in [7, 11) is 0. The van der Waals surface area contributed by atoms with E-state index in [2.05, 4.69) is 52.2 Å². The highest BCUT2D eigenvalue weighted by atomic mass is 15.2. The lowest BCUT2D eigenvalue weighted by atomic mass is 10.0. The molecule has 1 heterocycles. The highest BCUT2D eigenvalue weighted by molar-refractivity contribution is 5.32. The van der Waals surface area contributed by atoms with Gasteiger partial charge in [0.1, 0.15) is 0 Å². The standard InChI is InChI=1S/C16H20N4/c1-10-6-7-11(2)15(8-10)14(5)19-20-16-17-12(3)9-13(4)18-16/h6-9,14H,1-5H3. The van der Waals surface area contributed by atoms with Crippen molar-refractivity contribution in [1.82, 2.24) is 9.97 Å². The molecule has 1 aromatic carbocycles. The molecule has 1 unspecified atom stereocenters. The number of hydrogen-bond donors (Lipinski definition) is 0. The first kappa shape index (κ1) is 14.3. The molecule has 4 nitrogen and oxygen atoms in total. The van der Waals surface area contributed by atoms with E-state index in [0.29, 0.717) is 5.95 Å². The molecule has 4 heteroatoms. The largest absolute Gasteiger partial charge is 0.268 e. The second-order valence-corrected chi connectivity index (χ2v) is 5.20. The first-order valence-electron chi connectivity index (χ1n) is 6.76. The maximum absolute atomic E-state index is 4.35. The summed E-state index contributed by atoms with van der Waals surface area (Å²) in [5, 5.41) is 8.53. The fourth-order valence-corrected chi connectivity index (χ4v) is 2.16. The summed E-state index contributed by atoms with van der Waals surface area (Å²) in [6, 6.07) is 8.30. The number of aryl methyl sites for hydroxylation is 4. The third kappa shape index (κ3) is 3.47. The molecule has 0 saturated heterocycles. The summed E-state index contributed by atoms with van der Waals surface area (Å²) in [6.45, 7) is 10.1. The van der Waals surface area contributed by atoms with Crippen LogP contribution in [0.1, 0.15) is 41.0 Å². The highest BCUT2D eigenvalue weighted by Crippen LogP contribution is 2.23. The Morgan fingerprint density at radius 1 is 0.950 bits per heavy atom. The second kappa shape index (κ2) is 5.90. The lowest BCUT2D eigenvalue weighted by molar-refractivity contribution is 0.747. The first-order valence-corrected chi connectivity index (χ1v) is 6.76. The lowest BCUT2D eigenvalue weighted by Crippen LogP contribution is -1.94. The van der Waals surface area contributed by atoms with E-state index in [1.807, 2.05) is 26.8 Å². The Hall–Kier alpha value is -2.10. The van der Waals surface area contributed by atoms with Crippen molar-refractivity contribution in [1.29, 1.82) is 0 Å². The smallest absolute Gasteiger partial charge is 0.215 e. The van der Waals surface area contributed by atoms with Gasteiger partial charge in [-0.05, 0) is 51.8 Å². The van der Waals surface area contributed by atoms with Crippen molar-refractivity contribution in [2.24, 2.45) is 10.2 Å². The van der Waals surface area contributed by atoms with E-state index >= 15 is 0 Å². The van der Waals surface area contributed by atoms with E-state index < -0.39 is 0 Å². The van der Waals surface area contributed by atoms with E-state index in [0.717, 1.165) is 11.4 Å². The number of benzene rings is 1. The first-order chi connectivity index (χ1) is 9.45. The third-order valence-corrected chi connectivity index (χ3v) is 3.18. The molecule has 104 valence electrons. The van der Waals surface area contributed by atoms with Crippen molar-refractivity contribution >= 4 is 5.95 Å². The molecule has 0 N–H and O–H groups in total. The Labute approximate surface area is 120 Å². The molecule has 0 aliphatic rings. The SMILES string of the molecule is Cc1ccc(C)c(C(C)N=Nc2nc(C)cc(C)n2)c1. The van der Waals surface area contributed by atoms with E-state index in [4.69, 9.17) is 0 Å². The molecular weight excluding hydrogens is 248 g/mol. The van der Waals surface area contributed by atoms with Crippen LogP contribution in [0.25, 0.3) is 0 Å². The van der Waals surface area contributed by atoms with Crippen LogP contribution in [0, 0.1) is 27.7 Å². The van der Waals surface area contributed by atoms with Gasteiger partial charge in [0.25, 0.3) is 5.95 Å². The van der Waals surface area contributed by atoms with Gasteiger partial charge in [0, 0.05) is 11.4 Å². The van der Waals surface area contributed by atoms with E-state index in [1.54, 1.807) is 0 Å². The summed E-state index contributed by atoms with van der Waals surface area (Å²) in [6.07, 6.45) is 0. The summed E-state index contributed by atoms with van der Waals surface area (Å²) in [5.41, 5.74) is 5.47. The van der Waals surface area contributed by atoms with Crippen LogP contribution >= 0.6 is 0 Å². The minimum atomic E-state index is -0.000631. The van der Waals surface area contributed by atoms with Crippen LogP contribution in [0.5, 0.6) is 0 Å². The van der Waals surface area contributed by atoms with Crippen LogP contribution in [0.2, 0.25) is 0 Å². The van der Waals surface area contributed by atoms with E-state index in [9.17, 15) is 0 Å². The van der Waals surface area contributed by atoms with E-state index in [1.165, 1.54) is 16.7 Å². The van der Waals surface area contributed by atoms with Crippen LogP contribution in [0.4, 0.5) is 5.95 Å². The number of aromatic nitrogens is 2. The summed E-state index contributed by atoms with van der Waals surface area (Å²) >= 11 is 0. The zero-order chi connectivity index (χ0) is 14.7. The summed E-state index contributed by atoms with van der Waals surface area (Å²) in [5.74, 6) is 0.430. The van der Waals surface area contributed by atoms with Crippen molar-refractivity contribution in [3.8, 4) is 0 Å². The lowest BCUT2D eigenvalue weighted by Gasteiger charge is -2.10. The molecule has 0 aliphatic heterocycles. The Balaban J connectivity index is 2.24. The molecule has 0 fully saturated rings. The van der Waals surface area contributed by atoms with Crippen LogP contribution in [0.3, 0.4) is 0 Å². The van der Waals surface area contributed by atoms with Gasteiger partial charge in [-0.3, -0.25) is 0 Å². The third-order valence-electron chi connectivity index (χ3n) is 3.18. The minimum absolute atomic E-state index is 0.000631. The van der Waals surface area contributed by atoms with Gasteiger partial charge in [0.05, 0.1) is 6.04 Å². The Morgan fingerprint density at radius 2 is 1.60 bits per heavy atom. The Morgan fingerprint density at radius 3 is 2.25 bits per heavy atom. The summed E-state index contributed by atoms with van der Waals surface area (Å²) in [4.78, 5) is 8.54. The Kier molecular flexibility index (Phi) is 4.23. The average molecular weight is 268 g/mol. The van der Waals surface area contributed by atoms with Gasteiger partial charge >= 0.3 is 0 Å². The van der Waals surface area contributed by atoms with Crippen molar-refractivity contribution in [2.75, 3.05) is 0 Å². The van der Waals surface area contributed by atoms with Gasteiger partial charge in [-0.15, -0.1) is 5.11 Å². The zero-order valence-corrected chi connectivity index (χ0v) is 12.7. The monoisotopic (exact) mass is 268 g/mol. The van der Waals surface area contributed by atoms with Gasteiger partial charge < -0.3 is 0 Å². The number of nitrogens with zero attached hydrogens (tertiary/aromatic N) is 4. The van der Waals surface area contributed by atoms with Crippen LogP contribution in [0.15, 0.2) is 34.5 Å². The summed E-state index contributed by atoms with van der Waals surface area (Å²) < 4.78 is 0. The normalized spacial score (nSPS) is 12.8. The molecule has 0 bridgehead atoms. The van der Waals surface area contributed by atoms with Crippen molar-refractivity contribution in [2.45, 2.75) is 40.7 Å². The molecule has 1 atom stereocenters. The minimum Gasteiger partial charge on any atom is -0.215 e. The molecule has 0 saturated carbocycles. The average Bonchev–Trinajstić information content (AvgIpc) is 2.38. The molecule has 2 rings (SSSR count). The van der Waals surface area contributed by atoms with Crippen molar-refractivity contribution in [3.05, 3.63) is 52.3 Å². The van der Waals surface area contributed by atoms with Crippen LogP contribution in [-0.4, -0.2) is 9.97 Å². The zero-order valence-electron chi connectivity index (χ0n) is 12.7. The molecule has 0 radical (unpaired) electrons. The predicted molar refractivity (Wildman–Crippen MR) is 80.4 cm³/mol. The molecule has 1 aromatic heterocycles. The van der Waals surface area contributed by atoms with E-state index in [-0.39, 0.29) is 6.04 Å². The van der Waals surface area contributed by atoms with Crippen molar-refractivity contribution in [3.63, 3.8) is 0 Å². The van der Waals surface area contributed by atoms with Crippen LogP contribution in [-0.2, 0) is 0 Å². The second-order valence-electron chi connectivity index (χ2n) is 5.20. The molecule has 0 aliphatic carbocycles. The maximum Gasteiger partial charge on any atom is 0.268 e. The predicted octanol–water partition coefficient (Wildman–Crippen LogP) is 4.56. The van der Waals surface area contributed by atoms with Crippen molar-refractivity contribution < 1.29 is 0 Å². The van der Waals surface area contributed by atoms with Gasteiger partial charge in [-0.2, -0.15) is 5.11 Å². The fraction of sp³-hybridized carbons (Fsp3) is 0.375. The molecule has 0 amide bonds. The quantitative estimate of drug-likeness (QED) is 0.766. The number of azo groups is 1.